The second-order valence-electron chi connectivity index (χ2n) is 4.32. The Kier molecular flexibility index (Phi) is 4.88. The van der Waals surface area contributed by atoms with Crippen LogP contribution in [-0.2, 0) is 5.75 Å². The molecule has 0 aliphatic rings. The van der Waals surface area contributed by atoms with E-state index in [0.717, 1.165) is 22.0 Å². The maximum Gasteiger partial charge on any atom is 0.125 e. The van der Waals surface area contributed by atoms with Gasteiger partial charge in [0.1, 0.15) is 5.75 Å². The average Bonchev–Trinajstić information content (AvgIpc) is 2.45. The van der Waals surface area contributed by atoms with Crippen LogP contribution in [0.2, 0.25) is 0 Å². The van der Waals surface area contributed by atoms with E-state index in [9.17, 15) is 5.11 Å². The molecule has 2 rings (SSSR count). The number of thioether (sulfide) groups is 1. The van der Waals surface area contributed by atoms with Gasteiger partial charge in [-0.25, -0.2) is 0 Å². The van der Waals surface area contributed by atoms with Gasteiger partial charge in [-0.2, -0.15) is 0 Å². The summed E-state index contributed by atoms with van der Waals surface area (Å²) in [6, 6.07) is 16.2. The van der Waals surface area contributed by atoms with Gasteiger partial charge in [0.05, 0.1) is 13.2 Å². The number of aliphatic hydroxyl groups is 1. The SMILES string of the molecule is COc1cccc(SCc2ccccc2)c1[C@H](C)O. The summed E-state index contributed by atoms with van der Waals surface area (Å²) in [4.78, 5) is 1.07. The monoisotopic (exact) mass is 274 g/mol. The van der Waals surface area contributed by atoms with Crippen LogP contribution < -0.4 is 4.74 Å². The molecule has 19 heavy (non-hydrogen) atoms. The average molecular weight is 274 g/mol. The van der Waals surface area contributed by atoms with E-state index in [0.29, 0.717) is 0 Å². The molecule has 0 aliphatic carbocycles. The van der Waals surface area contributed by atoms with Crippen LogP contribution in [-0.4, -0.2) is 12.2 Å². The van der Waals surface area contributed by atoms with Crippen LogP contribution in [0.4, 0.5) is 0 Å². The van der Waals surface area contributed by atoms with E-state index >= 15 is 0 Å². The largest absolute Gasteiger partial charge is 0.496 e. The fourth-order valence-corrected chi connectivity index (χ4v) is 3.09. The van der Waals surface area contributed by atoms with Gasteiger partial charge in [0, 0.05) is 16.2 Å². The molecular formula is C16H18O2S. The van der Waals surface area contributed by atoms with Gasteiger partial charge >= 0.3 is 0 Å². The first-order valence-corrected chi connectivity index (χ1v) is 7.22. The third kappa shape index (κ3) is 3.52. The van der Waals surface area contributed by atoms with Crippen molar-refractivity contribution in [2.24, 2.45) is 0 Å². The van der Waals surface area contributed by atoms with Gasteiger partial charge in [-0.05, 0) is 24.6 Å². The van der Waals surface area contributed by atoms with Crippen molar-refractivity contribution < 1.29 is 9.84 Å². The molecule has 0 spiro atoms. The zero-order valence-corrected chi connectivity index (χ0v) is 12.0. The van der Waals surface area contributed by atoms with Gasteiger partial charge in [-0.3, -0.25) is 0 Å². The second kappa shape index (κ2) is 6.64. The van der Waals surface area contributed by atoms with Crippen molar-refractivity contribution in [2.75, 3.05) is 7.11 Å². The van der Waals surface area contributed by atoms with Crippen LogP contribution in [0.1, 0.15) is 24.2 Å². The second-order valence-corrected chi connectivity index (χ2v) is 5.34. The van der Waals surface area contributed by atoms with E-state index in [4.69, 9.17) is 4.74 Å². The zero-order valence-electron chi connectivity index (χ0n) is 11.2. The summed E-state index contributed by atoms with van der Waals surface area (Å²) >= 11 is 1.72. The predicted octanol–water partition coefficient (Wildman–Crippen LogP) is 4.04. The molecule has 0 heterocycles. The minimum absolute atomic E-state index is 0.533. The predicted molar refractivity (Wildman–Crippen MR) is 79.6 cm³/mol. The minimum atomic E-state index is -0.533. The molecule has 0 radical (unpaired) electrons. The summed E-state index contributed by atoms with van der Waals surface area (Å²) in [5, 5.41) is 9.92. The Bertz CT molecular complexity index is 524. The van der Waals surface area contributed by atoms with Crippen LogP contribution in [0.15, 0.2) is 53.4 Å². The summed E-state index contributed by atoms with van der Waals surface area (Å²) in [6.45, 7) is 1.77. The van der Waals surface area contributed by atoms with E-state index in [2.05, 4.69) is 12.1 Å². The number of hydrogen-bond acceptors (Lipinski definition) is 3. The molecule has 0 bridgehead atoms. The topological polar surface area (TPSA) is 29.5 Å². The number of ether oxygens (including phenoxy) is 1. The van der Waals surface area contributed by atoms with Gasteiger partial charge < -0.3 is 9.84 Å². The highest BCUT2D eigenvalue weighted by Gasteiger charge is 2.14. The summed E-state index contributed by atoms with van der Waals surface area (Å²) in [5.41, 5.74) is 2.14. The maximum absolute atomic E-state index is 9.92. The quantitative estimate of drug-likeness (QED) is 0.834. The lowest BCUT2D eigenvalue weighted by molar-refractivity contribution is 0.191. The minimum Gasteiger partial charge on any atom is -0.496 e. The Hall–Kier alpha value is -1.45. The highest BCUT2D eigenvalue weighted by Crippen LogP contribution is 2.36. The Morgan fingerprint density at radius 1 is 1.11 bits per heavy atom. The summed E-state index contributed by atoms with van der Waals surface area (Å²) in [7, 11) is 1.63. The third-order valence-electron chi connectivity index (χ3n) is 2.90. The van der Waals surface area contributed by atoms with Crippen LogP contribution in [0.3, 0.4) is 0 Å². The summed E-state index contributed by atoms with van der Waals surface area (Å²) in [6.07, 6.45) is -0.533. The smallest absolute Gasteiger partial charge is 0.125 e. The Balaban J connectivity index is 2.20. The molecule has 1 N–H and O–H groups in total. The molecule has 0 saturated carbocycles. The number of methoxy groups -OCH3 is 1. The molecule has 100 valence electrons. The molecule has 0 fully saturated rings. The highest BCUT2D eigenvalue weighted by atomic mass is 32.2. The molecule has 0 unspecified atom stereocenters. The van der Waals surface area contributed by atoms with Crippen molar-refractivity contribution in [3.8, 4) is 5.75 Å². The van der Waals surface area contributed by atoms with Gasteiger partial charge in [-0.1, -0.05) is 36.4 Å². The lowest BCUT2D eigenvalue weighted by Gasteiger charge is -2.15. The van der Waals surface area contributed by atoms with Crippen molar-refractivity contribution in [1.82, 2.24) is 0 Å². The zero-order chi connectivity index (χ0) is 13.7. The molecule has 2 aromatic carbocycles. The van der Waals surface area contributed by atoms with Crippen molar-refractivity contribution >= 4 is 11.8 Å². The maximum atomic E-state index is 9.92. The number of benzene rings is 2. The first-order valence-electron chi connectivity index (χ1n) is 6.24. The molecule has 0 amide bonds. The van der Waals surface area contributed by atoms with Crippen molar-refractivity contribution in [3.05, 3.63) is 59.7 Å². The number of aliphatic hydroxyl groups excluding tert-OH is 1. The Morgan fingerprint density at radius 2 is 1.84 bits per heavy atom. The van der Waals surface area contributed by atoms with E-state index in [-0.39, 0.29) is 0 Å². The van der Waals surface area contributed by atoms with Crippen molar-refractivity contribution in [3.63, 3.8) is 0 Å². The lowest BCUT2D eigenvalue weighted by Crippen LogP contribution is -1.99. The van der Waals surface area contributed by atoms with Crippen molar-refractivity contribution in [1.29, 1.82) is 0 Å². The Labute approximate surface area is 118 Å². The fourth-order valence-electron chi connectivity index (χ4n) is 1.97. The van der Waals surface area contributed by atoms with Gasteiger partial charge in [0.2, 0.25) is 0 Å². The molecule has 0 aromatic heterocycles. The van der Waals surface area contributed by atoms with E-state index in [1.165, 1.54) is 5.56 Å². The molecule has 1 atom stereocenters. The highest BCUT2D eigenvalue weighted by molar-refractivity contribution is 7.98. The van der Waals surface area contributed by atoms with Gasteiger partial charge in [0.25, 0.3) is 0 Å². The van der Waals surface area contributed by atoms with Crippen LogP contribution in [0, 0.1) is 0 Å². The first kappa shape index (κ1) is 14.0. The molecule has 2 nitrogen and oxygen atoms in total. The van der Waals surface area contributed by atoms with E-state index in [1.807, 2.05) is 36.4 Å². The Morgan fingerprint density at radius 3 is 2.47 bits per heavy atom. The molecule has 0 saturated heterocycles. The van der Waals surface area contributed by atoms with Gasteiger partial charge in [0.15, 0.2) is 0 Å². The van der Waals surface area contributed by atoms with Crippen molar-refractivity contribution in [2.45, 2.75) is 23.7 Å². The van der Waals surface area contributed by atoms with Crippen LogP contribution in [0.5, 0.6) is 5.75 Å². The standard InChI is InChI=1S/C16H18O2S/c1-12(17)16-14(18-2)9-6-10-15(16)19-11-13-7-4-3-5-8-13/h3-10,12,17H,11H2,1-2H3/t12-/m0/s1. The first-order chi connectivity index (χ1) is 9.22. The van der Waals surface area contributed by atoms with E-state index in [1.54, 1.807) is 25.8 Å². The van der Waals surface area contributed by atoms with Gasteiger partial charge in [-0.15, -0.1) is 11.8 Å². The molecular weight excluding hydrogens is 256 g/mol. The molecule has 2 aromatic rings. The number of hydrogen-bond donors (Lipinski definition) is 1. The third-order valence-corrected chi connectivity index (χ3v) is 4.05. The number of rotatable bonds is 5. The normalized spacial score (nSPS) is 12.2. The van der Waals surface area contributed by atoms with Crippen LogP contribution >= 0.6 is 11.8 Å². The lowest BCUT2D eigenvalue weighted by atomic mass is 10.1. The molecule has 3 heteroatoms. The summed E-state index contributed by atoms with van der Waals surface area (Å²) < 4.78 is 5.33. The van der Waals surface area contributed by atoms with Crippen LogP contribution in [0.25, 0.3) is 0 Å². The fraction of sp³-hybridized carbons (Fsp3) is 0.250. The molecule has 0 aliphatic heterocycles. The summed E-state index contributed by atoms with van der Waals surface area (Å²) in [5.74, 6) is 1.63. The van der Waals surface area contributed by atoms with E-state index < -0.39 is 6.10 Å².